The molecule has 0 aromatic heterocycles. The molecule has 0 saturated heterocycles. The maximum Gasteiger partial charge on any atom is 0.211 e. The molecule has 0 aliphatic heterocycles. The second kappa shape index (κ2) is 7.65. The highest BCUT2D eigenvalue weighted by Crippen LogP contribution is 2.14. The third-order valence-corrected chi connectivity index (χ3v) is 3.10. The van der Waals surface area contributed by atoms with Gasteiger partial charge in [0.2, 0.25) is 5.96 Å². The van der Waals surface area contributed by atoms with Gasteiger partial charge in [0.05, 0.1) is 6.21 Å². The number of hydrogen-bond acceptors (Lipinski definition) is 3. The van der Waals surface area contributed by atoms with Gasteiger partial charge in [-0.3, -0.25) is 4.90 Å². The zero-order chi connectivity index (χ0) is 15.1. The average molecular weight is 275 g/mol. The Morgan fingerprint density at radius 3 is 2.30 bits per heavy atom. The number of guanidine groups is 1. The van der Waals surface area contributed by atoms with Crippen LogP contribution in [-0.2, 0) is 6.54 Å². The summed E-state index contributed by atoms with van der Waals surface area (Å²) in [6.45, 7) is 9.69. The van der Waals surface area contributed by atoms with Gasteiger partial charge in [-0.25, -0.2) is 0 Å². The molecule has 0 fully saturated rings. The predicted molar refractivity (Wildman–Crippen MR) is 85.7 cm³/mol. The summed E-state index contributed by atoms with van der Waals surface area (Å²) in [6, 6.07) is 9.10. The fraction of sp³-hybridized carbons (Fsp3) is 0.467. The van der Waals surface area contributed by atoms with Crippen LogP contribution in [0.3, 0.4) is 0 Å². The average Bonchev–Trinajstić information content (AvgIpc) is 2.36. The normalized spacial score (nSPS) is 11.8. The van der Waals surface area contributed by atoms with Crippen LogP contribution >= 0.6 is 0 Å². The van der Waals surface area contributed by atoms with Gasteiger partial charge in [-0.1, -0.05) is 24.3 Å². The highest BCUT2D eigenvalue weighted by atomic mass is 15.3. The Morgan fingerprint density at radius 2 is 1.75 bits per heavy atom. The van der Waals surface area contributed by atoms with Crippen LogP contribution in [0.2, 0.25) is 0 Å². The summed E-state index contributed by atoms with van der Waals surface area (Å²) < 4.78 is 0. The standard InChI is InChI=1S/C15H25N5/c1-11(2)20(12(3)4)10-14-8-6-5-7-13(14)9-18-19-15(16)17/h5-9,11-12H,10H2,1-4H3,(H4,16,17,19). The van der Waals surface area contributed by atoms with Crippen LogP contribution in [0.25, 0.3) is 0 Å². The molecular weight excluding hydrogens is 250 g/mol. The molecule has 0 unspecified atom stereocenters. The first-order valence-electron chi connectivity index (χ1n) is 6.87. The summed E-state index contributed by atoms with van der Waals surface area (Å²) in [5, 5.41) is 7.53. The summed E-state index contributed by atoms with van der Waals surface area (Å²) in [7, 11) is 0. The molecule has 110 valence electrons. The smallest absolute Gasteiger partial charge is 0.211 e. The number of nitrogens with two attached hydrogens (primary N) is 2. The van der Waals surface area contributed by atoms with Crippen LogP contribution in [0.15, 0.2) is 34.5 Å². The van der Waals surface area contributed by atoms with Crippen molar-refractivity contribution in [2.45, 2.75) is 46.3 Å². The molecule has 0 heterocycles. The van der Waals surface area contributed by atoms with Gasteiger partial charge >= 0.3 is 0 Å². The zero-order valence-electron chi connectivity index (χ0n) is 12.7. The lowest BCUT2D eigenvalue weighted by molar-refractivity contribution is 0.166. The molecule has 0 amide bonds. The van der Waals surface area contributed by atoms with Crippen molar-refractivity contribution in [3.63, 3.8) is 0 Å². The maximum atomic E-state index is 5.26. The second-order valence-corrected chi connectivity index (χ2v) is 5.33. The van der Waals surface area contributed by atoms with E-state index in [1.165, 1.54) is 5.56 Å². The first kappa shape index (κ1) is 16.2. The van der Waals surface area contributed by atoms with Crippen LogP contribution in [-0.4, -0.2) is 29.2 Å². The van der Waals surface area contributed by atoms with Crippen LogP contribution in [0.1, 0.15) is 38.8 Å². The quantitative estimate of drug-likeness (QED) is 0.473. The van der Waals surface area contributed by atoms with Crippen LogP contribution in [0.5, 0.6) is 0 Å². The Balaban J connectivity index is 2.95. The monoisotopic (exact) mass is 275 g/mol. The van der Waals surface area contributed by atoms with E-state index in [0.29, 0.717) is 12.1 Å². The van der Waals surface area contributed by atoms with E-state index < -0.39 is 0 Å². The Hall–Kier alpha value is -1.88. The van der Waals surface area contributed by atoms with Gasteiger partial charge in [0.15, 0.2) is 0 Å². The van der Waals surface area contributed by atoms with Crippen molar-refractivity contribution >= 4 is 12.2 Å². The molecule has 5 heteroatoms. The molecule has 0 saturated carbocycles. The van der Waals surface area contributed by atoms with Gasteiger partial charge < -0.3 is 11.5 Å². The summed E-state index contributed by atoms with van der Waals surface area (Å²) >= 11 is 0. The lowest BCUT2D eigenvalue weighted by atomic mass is 10.1. The van der Waals surface area contributed by atoms with Gasteiger partial charge in [-0.2, -0.15) is 5.10 Å². The Kier molecular flexibility index (Phi) is 6.18. The summed E-state index contributed by atoms with van der Waals surface area (Å²) in [4.78, 5) is 2.42. The van der Waals surface area contributed by atoms with Crippen molar-refractivity contribution in [1.29, 1.82) is 0 Å². The molecule has 0 radical (unpaired) electrons. The molecule has 0 aliphatic carbocycles. The van der Waals surface area contributed by atoms with E-state index in [1.54, 1.807) is 6.21 Å². The third-order valence-electron chi connectivity index (χ3n) is 3.10. The van der Waals surface area contributed by atoms with E-state index in [9.17, 15) is 0 Å². The molecule has 1 aromatic carbocycles. The Bertz CT molecular complexity index is 465. The largest absolute Gasteiger partial charge is 0.369 e. The highest BCUT2D eigenvalue weighted by Gasteiger charge is 2.14. The molecule has 20 heavy (non-hydrogen) atoms. The number of benzene rings is 1. The van der Waals surface area contributed by atoms with E-state index in [-0.39, 0.29) is 5.96 Å². The SMILES string of the molecule is CC(C)N(Cc1ccccc1C=NN=C(N)N)C(C)C. The lowest BCUT2D eigenvalue weighted by Crippen LogP contribution is -2.36. The van der Waals surface area contributed by atoms with E-state index in [0.717, 1.165) is 12.1 Å². The van der Waals surface area contributed by atoms with Gasteiger partial charge in [0, 0.05) is 18.6 Å². The van der Waals surface area contributed by atoms with Gasteiger partial charge in [0.1, 0.15) is 0 Å². The fourth-order valence-electron chi connectivity index (χ4n) is 2.12. The fourth-order valence-corrected chi connectivity index (χ4v) is 2.12. The predicted octanol–water partition coefficient (Wildman–Crippen LogP) is 1.91. The lowest BCUT2D eigenvalue weighted by Gasteiger charge is -2.31. The molecule has 5 nitrogen and oxygen atoms in total. The van der Waals surface area contributed by atoms with Crippen molar-refractivity contribution in [3.8, 4) is 0 Å². The maximum absolute atomic E-state index is 5.26. The Morgan fingerprint density at radius 1 is 1.15 bits per heavy atom. The number of rotatable bonds is 6. The van der Waals surface area contributed by atoms with E-state index in [4.69, 9.17) is 11.5 Å². The van der Waals surface area contributed by atoms with Gasteiger partial charge in [-0.15, -0.1) is 5.10 Å². The molecule has 0 atom stereocenters. The molecule has 4 N–H and O–H groups in total. The van der Waals surface area contributed by atoms with E-state index >= 15 is 0 Å². The van der Waals surface area contributed by atoms with E-state index in [1.807, 2.05) is 18.2 Å². The van der Waals surface area contributed by atoms with E-state index in [2.05, 4.69) is 48.9 Å². The van der Waals surface area contributed by atoms with Crippen molar-refractivity contribution in [1.82, 2.24) is 4.90 Å². The Labute approximate surface area is 121 Å². The summed E-state index contributed by atoms with van der Waals surface area (Å²) in [5.41, 5.74) is 12.8. The second-order valence-electron chi connectivity index (χ2n) is 5.33. The minimum absolute atomic E-state index is 0.0373. The van der Waals surface area contributed by atoms with Crippen LogP contribution in [0, 0.1) is 0 Å². The summed E-state index contributed by atoms with van der Waals surface area (Å²) in [6.07, 6.45) is 1.69. The number of hydrogen-bond donors (Lipinski definition) is 2. The third kappa shape index (κ3) is 5.01. The van der Waals surface area contributed by atoms with Crippen LogP contribution < -0.4 is 11.5 Å². The van der Waals surface area contributed by atoms with Crippen LogP contribution in [0.4, 0.5) is 0 Å². The molecule has 1 rings (SSSR count). The van der Waals surface area contributed by atoms with Crippen molar-refractivity contribution in [2.75, 3.05) is 0 Å². The minimum atomic E-state index is -0.0373. The molecule has 0 bridgehead atoms. The first-order chi connectivity index (χ1) is 9.41. The molecule has 1 aromatic rings. The van der Waals surface area contributed by atoms with Crippen molar-refractivity contribution in [3.05, 3.63) is 35.4 Å². The minimum Gasteiger partial charge on any atom is -0.369 e. The molecular formula is C15H25N5. The van der Waals surface area contributed by atoms with Crippen molar-refractivity contribution < 1.29 is 0 Å². The summed E-state index contributed by atoms with van der Waals surface area (Å²) in [5.74, 6) is -0.0373. The topological polar surface area (TPSA) is 80.0 Å². The number of nitrogens with zero attached hydrogens (tertiary/aromatic N) is 3. The first-order valence-corrected chi connectivity index (χ1v) is 6.87. The van der Waals surface area contributed by atoms with Gasteiger partial charge in [0.25, 0.3) is 0 Å². The molecule has 0 spiro atoms. The highest BCUT2D eigenvalue weighted by molar-refractivity contribution is 5.83. The molecule has 0 aliphatic rings. The van der Waals surface area contributed by atoms with Crippen molar-refractivity contribution in [2.24, 2.45) is 21.7 Å². The van der Waals surface area contributed by atoms with Gasteiger partial charge in [-0.05, 0) is 38.8 Å². The zero-order valence-corrected chi connectivity index (χ0v) is 12.7.